The number of methoxy groups -OCH3 is 3. The van der Waals surface area contributed by atoms with Crippen LogP contribution in [0.3, 0.4) is 0 Å². The van der Waals surface area contributed by atoms with Crippen molar-refractivity contribution in [2.75, 3.05) is 32.9 Å². The topological polar surface area (TPSA) is 130 Å². The van der Waals surface area contributed by atoms with Crippen LogP contribution in [0.5, 0.6) is 17.2 Å². The first kappa shape index (κ1) is 21.1. The molecule has 0 saturated heterocycles. The maximum Gasteiger partial charge on any atom is 0.322 e. The van der Waals surface area contributed by atoms with Gasteiger partial charge < -0.3 is 18.6 Å². The average molecular weight is 433 g/mol. The van der Waals surface area contributed by atoms with Crippen molar-refractivity contribution in [1.29, 1.82) is 0 Å². The molecule has 0 fully saturated rings. The number of hydrogen-bond donors (Lipinski definition) is 1. The molecule has 0 aliphatic carbocycles. The van der Waals surface area contributed by atoms with E-state index < -0.39 is 15.7 Å². The van der Waals surface area contributed by atoms with Crippen molar-refractivity contribution >= 4 is 21.8 Å². The zero-order valence-electron chi connectivity index (χ0n) is 16.6. The van der Waals surface area contributed by atoms with Crippen LogP contribution in [0.4, 0.5) is 6.01 Å². The normalized spacial score (nSPS) is 11.1. The third-order valence-corrected chi connectivity index (χ3v) is 5.23. The summed E-state index contributed by atoms with van der Waals surface area (Å²) in [7, 11) is 1.10. The maximum absolute atomic E-state index is 12.4. The monoisotopic (exact) mass is 433 g/mol. The maximum atomic E-state index is 12.4. The number of nitrogens with zero attached hydrogens (tertiary/aromatic N) is 2. The van der Waals surface area contributed by atoms with Crippen molar-refractivity contribution in [3.05, 3.63) is 42.0 Å². The fourth-order valence-electron chi connectivity index (χ4n) is 2.62. The summed E-state index contributed by atoms with van der Waals surface area (Å²) in [4.78, 5) is 12.5. The van der Waals surface area contributed by atoms with Gasteiger partial charge in [-0.15, -0.1) is 5.10 Å². The van der Waals surface area contributed by atoms with E-state index in [1.165, 1.54) is 45.6 Å². The number of benzene rings is 2. The minimum atomic E-state index is -3.35. The molecule has 3 aromatic rings. The number of rotatable bonds is 7. The SMILES string of the molecule is COc1cc(-c2nnc(NC(=O)c3ccc(S(C)(=O)=O)cc3)o2)cc(OC)c1OC. The molecule has 10 nitrogen and oxygen atoms in total. The molecule has 0 bridgehead atoms. The highest BCUT2D eigenvalue weighted by atomic mass is 32.2. The summed E-state index contributed by atoms with van der Waals surface area (Å²) in [6.45, 7) is 0. The summed E-state index contributed by atoms with van der Waals surface area (Å²) in [6, 6.07) is 8.61. The number of anilines is 1. The molecule has 1 aromatic heterocycles. The van der Waals surface area contributed by atoms with E-state index >= 15 is 0 Å². The molecule has 0 spiro atoms. The Labute approximate surface area is 172 Å². The highest BCUT2D eigenvalue weighted by Gasteiger charge is 2.18. The molecule has 3 rings (SSSR count). The molecule has 1 heterocycles. The number of carbonyl (C=O) groups is 1. The molecule has 0 aliphatic rings. The largest absolute Gasteiger partial charge is 0.493 e. The van der Waals surface area contributed by atoms with Crippen LogP contribution in [0.2, 0.25) is 0 Å². The zero-order chi connectivity index (χ0) is 21.9. The minimum Gasteiger partial charge on any atom is -0.493 e. The molecule has 0 radical (unpaired) electrons. The summed E-state index contributed by atoms with van der Waals surface area (Å²) < 4.78 is 44.4. The van der Waals surface area contributed by atoms with Crippen molar-refractivity contribution in [2.24, 2.45) is 0 Å². The van der Waals surface area contributed by atoms with Gasteiger partial charge in [-0.25, -0.2) is 8.42 Å². The zero-order valence-corrected chi connectivity index (χ0v) is 17.4. The van der Waals surface area contributed by atoms with E-state index in [0.29, 0.717) is 22.8 Å². The van der Waals surface area contributed by atoms with E-state index in [4.69, 9.17) is 18.6 Å². The first-order chi connectivity index (χ1) is 14.3. The predicted molar refractivity (Wildman–Crippen MR) is 107 cm³/mol. The van der Waals surface area contributed by atoms with Crippen LogP contribution in [0.25, 0.3) is 11.5 Å². The highest BCUT2D eigenvalue weighted by molar-refractivity contribution is 7.90. The summed E-state index contributed by atoms with van der Waals surface area (Å²) in [5.74, 6) is 0.810. The standard InChI is InChI=1S/C19H19N3O7S/c1-26-14-9-12(10-15(27-2)16(14)28-3)18-21-22-19(29-18)20-17(23)11-5-7-13(8-6-11)30(4,24)25/h5-10H,1-4H3,(H,20,22,23). The molecule has 30 heavy (non-hydrogen) atoms. The lowest BCUT2D eigenvalue weighted by atomic mass is 10.2. The molecule has 0 atom stereocenters. The van der Waals surface area contributed by atoms with E-state index in [1.54, 1.807) is 12.1 Å². The molecule has 1 N–H and O–H groups in total. The van der Waals surface area contributed by atoms with Crippen LogP contribution < -0.4 is 19.5 Å². The van der Waals surface area contributed by atoms with Crippen LogP contribution in [0.1, 0.15) is 10.4 Å². The Morgan fingerprint density at radius 2 is 1.57 bits per heavy atom. The first-order valence-electron chi connectivity index (χ1n) is 8.52. The Bertz CT molecular complexity index is 1150. The van der Waals surface area contributed by atoms with Gasteiger partial charge in [0.25, 0.3) is 5.91 Å². The lowest BCUT2D eigenvalue weighted by Crippen LogP contribution is -2.12. The van der Waals surface area contributed by atoms with Crippen molar-refractivity contribution in [3.63, 3.8) is 0 Å². The Morgan fingerprint density at radius 3 is 2.07 bits per heavy atom. The van der Waals surface area contributed by atoms with Gasteiger partial charge in [0.05, 0.1) is 26.2 Å². The molecule has 0 aliphatic heterocycles. The van der Waals surface area contributed by atoms with E-state index in [1.807, 2.05) is 0 Å². The van der Waals surface area contributed by atoms with Gasteiger partial charge in [0.2, 0.25) is 11.6 Å². The second-order valence-corrected chi connectivity index (χ2v) is 8.09. The average Bonchev–Trinajstić information content (AvgIpc) is 3.20. The summed E-state index contributed by atoms with van der Waals surface area (Å²) in [5, 5.41) is 10.2. The Hall–Kier alpha value is -3.60. The number of hydrogen-bond acceptors (Lipinski definition) is 9. The molecule has 11 heteroatoms. The van der Waals surface area contributed by atoms with Crippen LogP contribution in [0.15, 0.2) is 45.7 Å². The summed E-state index contributed by atoms with van der Waals surface area (Å²) >= 11 is 0. The number of nitrogens with one attached hydrogen (secondary N) is 1. The number of aromatic nitrogens is 2. The van der Waals surface area contributed by atoms with E-state index in [-0.39, 0.29) is 22.4 Å². The van der Waals surface area contributed by atoms with Crippen LogP contribution in [0, 0.1) is 0 Å². The Kier molecular flexibility index (Phi) is 5.92. The molecule has 158 valence electrons. The third kappa shape index (κ3) is 4.35. The van der Waals surface area contributed by atoms with Gasteiger partial charge in [-0.05, 0) is 36.4 Å². The van der Waals surface area contributed by atoms with Gasteiger partial charge in [-0.2, -0.15) is 0 Å². The molecule has 0 saturated carbocycles. The quantitative estimate of drug-likeness (QED) is 0.597. The Morgan fingerprint density at radius 1 is 0.967 bits per heavy atom. The second-order valence-electron chi connectivity index (χ2n) is 6.08. The molecular weight excluding hydrogens is 414 g/mol. The van der Waals surface area contributed by atoms with E-state index in [2.05, 4.69) is 15.5 Å². The number of ether oxygens (including phenoxy) is 3. The van der Waals surface area contributed by atoms with Gasteiger partial charge >= 0.3 is 6.01 Å². The van der Waals surface area contributed by atoms with Crippen molar-refractivity contribution in [1.82, 2.24) is 10.2 Å². The Balaban J connectivity index is 1.82. The fraction of sp³-hybridized carbons (Fsp3) is 0.211. The number of carbonyl (C=O) groups excluding carboxylic acids is 1. The first-order valence-corrected chi connectivity index (χ1v) is 10.4. The smallest absolute Gasteiger partial charge is 0.322 e. The second kappa shape index (κ2) is 8.41. The molecule has 0 unspecified atom stereocenters. The number of sulfone groups is 1. The van der Waals surface area contributed by atoms with Gasteiger partial charge in [-0.3, -0.25) is 10.1 Å². The number of amides is 1. The van der Waals surface area contributed by atoms with Gasteiger partial charge in [0.1, 0.15) is 0 Å². The third-order valence-electron chi connectivity index (χ3n) is 4.10. The fourth-order valence-corrected chi connectivity index (χ4v) is 3.25. The molecular formula is C19H19N3O7S. The van der Waals surface area contributed by atoms with Gasteiger partial charge in [0.15, 0.2) is 21.3 Å². The van der Waals surface area contributed by atoms with E-state index in [9.17, 15) is 13.2 Å². The molecule has 1 amide bonds. The van der Waals surface area contributed by atoms with Crippen molar-refractivity contribution in [2.45, 2.75) is 4.90 Å². The van der Waals surface area contributed by atoms with Gasteiger partial charge in [-0.1, -0.05) is 5.10 Å². The minimum absolute atomic E-state index is 0.113. The predicted octanol–water partition coefficient (Wildman–Crippen LogP) is 2.42. The van der Waals surface area contributed by atoms with Crippen molar-refractivity contribution < 1.29 is 31.8 Å². The van der Waals surface area contributed by atoms with Crippen molar-refractivity contribution in [3.8, 4) is 28.7 Å². The lowest BCUT2D eigenvalue weighted by molar-refractivity contribution is 0.102. The lowest BCUT2D eigenvalue weighted by Gasteiger charge is -2.12. The molecule has 2 aromatic carbocycles. The highest BCUT2D eigenvalue weighted by Crippen LogP contribution is 2.41. The van der Waals surface area contributed by atoms with Crippen LogP contribution in [-0.4, -0.2) is 52.1 Å². The summed E-state index contributed by atoms with van der Waals surface area (Å²) in [5.41, 5.74) is 0.727. The van der Waals surface area contributed by atoms with Gasteiger partial charge in [0, 0.05) is 17.4 Å². The summed E-state index contributed by atoms with van der Waals surface area (Å²) in [6.07, 6.45) is 1.09. The van der Waals surface area contributed by atoms with Crippen LogP contribution >= 0.6 is 0 Å². The van der Waals surface area contributed by atoms with E-state index in [0.717, 1.165) is 6.26 Å². The van der Waals surface area contributed by atoms with Crippen LogP contribution in [-0.2, 0) is 9.84 Å².